The second-order valence-electron chi connectivity index (χ2n) is 18.7. The average Bonchev–Trinajstić information content (AvgIpc) is 3.23. The van der Waals surface area contributed by atoms with Crippen molar-refractivity contribution in [3.05, 3.63) is 47.5 Å². The fraction of sp³-hybridized carbons (Fsp3) is 0.587. The van der Waals surface area contributed by atoms with Crippen LogP contribution in [0.2, 0.25) is 0 Å². The predicted molar refractivity (Wildman–Crippen MR) is 250 cm³/mol. The van der Waals surface area contributed by atoms with Crippen LogP contribution in [0, 0.1) is 0 Å². The third kappa shape index (κ3) is 18.5. The van der Waals surface area contributed by atoms with Crippen molar-refractivity contribution in [2.75, 3.05) is 32.7 Å². The maximum absolute atomic E-state index is 14.5. The Bertz CT molecular complexity index is 2040. The number of hydrogen-bond acceptors (Lipinski definition) is 13. The lowest BCUT2D eigenvalue weighted by atomic mass is 9.95. The molecule has 0 spiro atoms. The summed E-state index contributed by atoms with van der Waals surface area (Å²) in [4.78, 5) is 95.4. The van der Waals surface area contributed by atoms with Crippen LogP contribution in [0.3, 0.4) is 0 Å². The molecule has 0 saturated carbocycles. The van der Waals surface area contributed by atoms with Crippen LogP contribution in [0.5, 0.6) is 11.5 Å². The predicted octanol–water partition coefficient (Wildman–Crippen LogP) is 1.20. The summed E-state index contributed by atoms with van der Waals surface area (Å²) in [6.45, 7) is 11.0. The number of nitrogens with two attached hydrogens (primary N) is 3. The van der Waals surface area contributed by atoms with Crippen molar-refractivity contribution in [3.63, 3.8) is 0 Å². The minimum Gasteiger partial charge on any atom is -0.508 e. The van der Waals surface area contributed by atoms with Gasteiger partial charge in [-0.15, -0.1) is 0 Å². The molecule has 1 aliphatic heterocycles. The number of carbonyl (C=O) groups excluding carboxylic acids is 6. The lowest BCUT2D eigenvalue weighted by Gasteiger charge is -2.33. The zero-order valence-corrected chi connectivity index (χ0v) is 39.5. The van der Waals surface area contributed by atoms with E-state index in [0.29, 0.717) is 43.5 Å². The summed E-state index contributed by atoms with van der Waals surface area (Å²) >= 11 is 0. The van der Waals surface area contributed by atoms with Gasteiger partial charge in [0, 0.05) is 57.0 Å². The summed E-state index contributed by atoms with van der Waals surface area (Å²) in [5.41, 5.74) is 17.1. The molecule has 0 saturated heterocycles. The molecule has 4 bridgehead atoms. The Balaban J connectivity index is 2.05. The first-order valence-corrected chi connectivity index (χ1v) is 22.7. The number of benzene rings is 2. The number of fused-ring (bicyclic) bond motifs is 5. The number of carbonyl (C=O) groups is 7. The first-order valence-electron chi connectivity index (χ1n) is 22.7. The number of amides is 7. The highest BCUT2D eigenvalue weighted by Gasteiger charge is 2.34. The van der Waals surface area contributed by atoms with E-state index in [-0.39, 0.29) is 86.7 Å². The van der Waals surface area contributed by atoms with Gasteiger partial charge in [0.05, 0.1) is 0 Å². The molecule has 5 atom stereocenters. The number of carboxylic acid groups (broad SMARTS) is 1. The van der Waals surface area contributed by atoms with E-state index >= 15 is 0 Å². The monoisotopic (exact) mass is 941 g/mol. The molecule has 0 radical (unpaired) electrons. The molecule has 3 rings (SSSR count). The van der Waals surface area contributed by atoms with Gasteiger partial charge in [0.1, 0.15) is 41.3 Å². The lowest BCUT2D eigenvalue weighted by Crippen LogP contribution is -2.59. The molecule has 21 heteroatoms. The third-order valence-electron chi connectivity index (χ3n) is 10.8. The lowest BCUT2D eigenvalue weighted by molar-refractivity contribution is -0.134. The van der Waals surface area contributed by atoms with Crippen LogP contribution in [-0.4, -0.2) is 136 Å². The second kappa shape index (κ2) is 25.6. The number of phenols is 2. The van der Waals surface area contributed by atoms with Gasteiger partial charge in [0.15, 0.2) is 0 Å². The maximum Gasteiger partial charge on any atom is 0.408 e. The summed E-state index contributed by atoms with van der Waals surface area (Å²) in [6, 6.07) is 3.34. The molecule has 1 aliphatic rings. The van der Waals surface area contributed by atoms with Gasteiger partial charge >= 0.3 is 12.2 Å². The number of aromatic hydroxyl groups is 2. The van der Waals surface area contributed by atoms with Crippen molar-refractivity contribution in [2.45, 2.75) is 141 Å². The summed E-state index contributed by atoms with van der Waals surface area (Å²) in [5.74, 6) is -3.72. The topological polar surface area (TPSA) is 343 Å². The Morgan fingerprint density at radius 3 is 2.01 bits per heavy atom. The third-order valence-corrected chi connectivity index (χ3v) is 10.8. The van der Waals surface area contributed by atoms with Crippen LogP contribution in [-0.2, 0) is 41.6 Å². The zero-order chi connectivity index (χ0) is 50.1. The molecule has 0 unspecified atom stereocenters. The van der Waals surface area contributed by atoms with Gasteiger partial charge in [-0.2, -0.15) is 0 Å². The Labute approximate surface area is 392 Å². The van der Waals surface area contributed by atoms with Crippen molar-refractivity contribution in [1.82, 2.24) is 36.8 Å². The molecule has 0 aromatic heterocycles. The van der Waals surface area contributed by atoms with Crippen molar-refractivity contribution in [3.8, 4) is 22.6 Å². The summed E-state index contributed by atoms with van der Waals surface area (Å²) in [7, 11) is 0. The van der Waals surface area contributed by atoms with E-state index in [1.807, 2.05) is 0 Å². The van der Waals surface area contributed by atoms with Crippen LogP contribution < -0.4 is 49.1 Å². The van der Waals surface area contributed by atoms with E-state index < -0.39 is 77.2 Å². The molecule has 67 heavy (non-hydrogen) atoms. The normalized spacial score (nSPS) is 17.5. The molecule has 21 nitrogen and oxygen atoms in total. The molecule has 2 aromatic rings. The molecule has 7 amide bonds. The van der Waals surface area contributed by atoms with E-state index in [2.05, 4.69) is 31.9 Å². The Morgan fingerprint density at radius 1 is 0.821 bits per heavy atom. The minimum absolute atomic E-state index is 0.0443. The quantitative estimate of drug-likeness (QED) is 0.0881. The van der Waals surface area contributed by atoms with E-state index in [4.69, 9.17) is 21.9 Å². The molecule has 0 aliphatic carbocycles. The minimum atomic E-state index is -1.47. The van der Waals surface area contributed by atoms with E-state index in [0.717, 1.165) is 0 Å². The number of hydrogen-bond donors (Lipinski definition) is 12. The molecule has 1 heterocycles. The van der Waals surface area contributed by atoms with Gasteiger partial charge in [0.25, 0.3) is 0 Å². The van der Waals surface area contributed by atoms with Crippen molar-refractivity contribution >= 4 is 41.7 Å². The SMILES string of the molecule is CC(C)(C)OC(=O)N[C@H]1Cc2cc(ccc2O)-c2ccc(O)c(c2)C[C@@H](C(=O)N[C@@H](CCCN)C(=O)NCCC[C@H](N)CC(=O)NCCN)NC(=O)[C@H](CCCN(C(=O)O)C(C)(C)C)NC1=O. The summed E-state index contributed by atoms with van der Waals surface area (Å²) < 4.78 is 5.45. The van der Waals surface area contributed by atoms with Gasteiger partial charge in [-0.25, -0.2) is 9.59 Å². The fourth-order valence-electron chi connectivity index (χ4n) is 7.34. The fourth-order valence-corrected chi connectivity index (χ4v) is 7.34. The van der Waals surface area contributed by atoms with Crippen LogP contribution in [0.25, 0.3) is 11.1 Å². The number of alkyl carbamates (subject to hydrolysis) is 1. The Kier molecular flexibility index (Phi) is 21.1. The average molecular weight is 941 g/mol. The number of rotatable bonds is 19. The van der Waals surface area contributed by atoms with Crippen molar-refractivity contribution < 1.29 is 53.6 Å². The van der Waals surface area contributed by atoms with Gasteiger partial charge in [0.2, 0.25) is 29.5 Å². The molecular formula is C46H72N10O11. The van der Waals surface area contributed by atoms with E-state index in [1.165, 1.54) is 17.0 Å². The van der Waals surface area contributed by atoms with Gasteiger partial charge in [-0.05, 0) is 133 Å². The van der Waals surface area contributed by atoms with E-state index in [9.17, 15) is 48.9 Å². The molecule has 15 N–H and O–H groups in total. The van der Waals surface area contributed by atoms with Crippen LogP contribution in [0.4, 0.5) is 9.59 Å². The largest absolute Gasteiger partial charge is 0.508 e. The molecule has 372 valence electrons. The van der Waals surface area contributed by atoms with Crippen LogP contribution in [0.15, 0.2) is 36.4 Å². The number of ether oxygens (including phenoxy) is 1. The summed E-state index contributed by atoms with van der Waals surface area (Å²) in [5, 5.41) is 48.2. The second-order valence-corrected chi connectivity index (χ2v) is 18.7. The highest BCUT2D eigenvalue weighted by atomic mass is 16.6. The first kappa shape index (κ1) is 55.1. The Morgan fingerprint density at radius 2 is 1.45 bits per heavy atom. The highest BCUT2D eigenvalue weighted by molar-refractivity contribution is 5.95. The van der Waals surface area contributed by atoms with Gasteiger partial charge < -0.3 is 74.1 Å². The Hall–Kier alpha value is -6.19. The molecular weight excluding hydrogens is 869 g/mol. The smallest absolute Gasteiger partial charge is 0.408 e. The zero-order valence-electron chi connectivity index (χ0n) is 39.5. The number of nitrogens with one attached hydrogen (secondary N) is 6. The van der Waals surface area contributed by atoms with Crippen LogP contribution >= 0.6 is 0 Å². The number of nitrogens with zero attached hydrogens (tertiary/aromatic N) is 1. The van der Waals surface area contributed by atoms with Gasteiger partial charge in [-0.1, -0.05) is 12.1 Å². The maximum atomic E-state index is 14.5. The van der Waals surface area contributed by atoms with E-state index in [1.54, 1.807) is 65.8 Å². The summed E-state index contributed by atoms with van der Waals surface area (Å²) in [6.07, 6.45) is -1.43. The van der Waals surface area contributed by atoms with Crippen molar-refractivity contribution in [1.29, 1.82) is 0 Å². The van der Waals surface area contributed by atoms with Crippen LogP contribution in [0.1, 0.15) is 97.6 Å². The van der Waals surface area contributed by atoms with Gasteiger partial charge in [-0.3, -0.25) is 24.0 Å². The molecule has 0 fully saturated rings. The van der Waals surface area contributed by atoms with Crippen molar-refractivity contribution in [2.24, 2.45) is 17.2 Å². The first-order chi connectivity index (χ1) is 31.4. The standard InChI is InChI=1S/C46H72N10O11/c1-45(2,3)56(44(65)66)21-9-12-33-40(61)54-34(41(62)52-32(11-7-17-47)39(60)51-19-8-10-31(49)26-38(59)50-20-18-48)24-29-22-27(13-15-36(29)57)28-14-16-37(58)30(23-28)25-35(42(63)53-33)55-43(64)67-46(4,5)6/h13-16,22-23,31-35,57-58H,7-12,17-21,24-26,47-49H2,1-6H3,(H,50,59)(H,51,60)(H,52,62)(H,53,63)(H,54,61)(H,55,64)(H,65,66)/t31-,32-,33-,34-,35-/m0/s1. The molecule has 2 aromatic carbocycles. The number of phenolic OH excluding ortho intramolecular Hbond substituents is 2. The highest BCUT2D eigenvalue weighted by Crippen LogP contribution is 2.31.